The summed E-state index contributed by atoms with van der Waals surface area (Å²) in [7, 11) is 0. The molecule has 10 N–H and O–H groups in total. The molecule has 0 bridgehead atoms. The Morgan fingerprint density at radius 2 is 1.34 bits per heavy atom. The smallest absolute Gasteiger partial charge is 0.200 e. The van der Waals surface area contributed by atoms with Crippen molar-refractivity contribution in [2.45, 2.75) is 38.5 Å². The molecule has 3 aromatic rings. The highest BCUT2D eigenvalue weighted by Gasteiger charge is 2.33. The lowest BCUT2D eigenvalue weighted by Crippen LogP contribution is -2.18. The van der Waals surface area contributed by atoms with Crippen LogP contribution in [0.5, 0.6) is 51.7 Å². The van der Waals surface area contributed by atoms with Gasteiger partial charge >= 0.3 is 0 Å². The average molecular weight is 613 g/mol. The third-order valence-electron chi connectivity index (χ3n) is 6.80. The van der Waals surface area contributed by atoms with Crippen LogP contribution in [0.3, 0.4) is 0 Å². The van der Waals surface area contributed by atoms with Crippen molar-refractivity contribution in [1.29, 1.82) is 0 Å². The van der Waals surface area contributed by atoms with Crippen LogP contribution in [0.25, 0.3) is 0 Å². The number of aromatic hydroxyl groups is 8. The molecule has 0 amide bonds. The number of hydrogen-bond donors (Lipinski definition) is 10. The van der Waals surface area contributed by atoms with E-state index in [9.17, 15) is 20.4 Å². The standard InChI is InChI=1S/C20H24O6.2C6H6O3/c1-3-12(22)9-17-18(11(2)21)14(6-8-26-17)19-15(23)10-16-13(20(19)24)5-4-7-25-16;2*7-4-2-1-3-5(8)6(4)9/h9-10,14,21-24H,2-8H2,1H3;2*1-3,7-9H/b12-9+;;. The maximum absolute atomic E-state index is 10.8. The molecule has 0 saturated carbocycles. The largest absolute Gasteiger partial charge is 0.512 e. The summed E-state index contributed by atoms with van der Waals surface area (Å²) in [6, 6.07) is 9.53. The van der Waals surface area contributed by atoms with Gasteiger partial charge in [-0.15, -0.1) is 0 Å². The SMILES string of the molecule is C=C(O)C1=C(/C=C(/O)CC)OCCC1c1c(O)cc2c(c1O)CCCO2.Oc1cccc(O)c1O.Oc1cccc(O)c1O. The number of rotatable bonds is 4. The molecule has 0 spiro atoms. The third kappa shape index (κ3) is 7.65. The monoisotopic (exact) mass is 612 g/mol. The van der Waals surface area contributed by atoms with E-state index in [4.69, 9.17) is 40.1 Å². The molecule has 12 heteroatoms. The highest BCUT2D eigenvalue weighted by molar-refractivity contribution is 5.61. The molecule has 2 heterocycles. The molecule has 0 fully saturated rings. The molecule has 1 atom stereocenters. The number of phenolic OH excluding ortho intramolecular Hbond substituents is 8. The summed E-state index contributed by atoms with van der Waals surface area (Å²) in [5.41, 5.74) is 1.33. The van der Waals surface area contributed by atoms with Crippen molar-refractivity contribution in [3.63, 3.8) is 0 Å². The lowest BCUT2D eigenvalue weighted by Gasteiger charge is -2.30. The second-order valence-corrected chi connectivity index (χ2v) is 9.78. The van der Waals surface area contributed by atoms with E-state index in [1.165, 1.54) is 48.5 Å². The zero-order valence-corrected chi connectivity index (χ0v) is 23.9. The van der Waals surface area contributed by atoms with Gasteiger partial charge in [0.1, 0.15) is 28.8 Å². The first-order valence-electron chi connectivity index (χ1n) is 13.6. The second kappa shape index (κ2) is 14.6. The zero-order chi connectivity index (χ0) is 32.6. The van der Waals surface area contributed by atoms with Gasteiger partial charge in [-0.05, 0) is 43.5 Å². The van der Waals surface area contributed by atoms with E-state index in [0.29, 0.717) is 60.7 Å². The number of aliphatic hydroxyl groups is 2. The Morgan fingerprint density at radius 3 is 1.82 bits per heavy atom. The number of benzene rings is 3. The molecule has 2 aliphatic heterocycles. The fourth-order valence-corrected chi connectivity index (χ4v) is 4.56. The summed E-state index contributed by atoms with van der Waals surface area (Å²) in [4.78, 5) is 0. The van der Waals surface area contributed by atoms with Gasteiger partial charge in [-0.3, -0.25) is 0 Å². The lowest BCUT2D eigenvalue weighted by molar-refractivity contribution is 0.183. The number of hydrogen-bond acceptors (Lipinski definition) is 12. The van der Waals surface area contributed by atoms with Gasteiger partial charge in [0.15, 0.2) is 34.5 Å². The molecule has 236 valence electrons. The van der Waals surface area contributed by atoms with Crippen LogP contribution >= 0.6 is 0 Å². The summed E-state index contributed by atoms with van der Waals surface area (Å²) in [5, 5.41) is 93.5. The molecule has 1 unspecified atom stereocenters. The number of allylic oxidation sites excluding steroid dienone is 3. The number of fused-ring (bicyclic) bond motifs is 1. The minimum atomic E-state index is -0.510. The fraction of sp³-hybridized carbons (Fsp3) is 0.250. The molecule has 3 aromatic carbocycles. The Morgan fingerprint density at radius 1 is 0.795 bits per heavy atom. The predicted octanol–water partition coefficient (Wildman–Crippen LogP) is 5.71. The minimum absolute atomic E-state index is 0.0200. The highest BCUT2D eigenvalue weighted by atomic mass is 16.5. The second-order valence-electron chi connectivity index (χ2n) is 9.78. The van der Waals surface area contributed by atoms with Crippen LogP contribution in [0.4, 0.5) is 0 Å². The first-order chi connectivity index (χ1) is 20.9. The molecule has 12 nitrogen and oxygen atoms in total. The first-order valence-corrected chi connectivity index (χ1v) is 13.6. The Bertz CT molecular complexity index is 1470. The van der Waals surface area contributed by atoms with Gasteiger partial charge in [0, 0.05) is 41.2 Å². The average Bonchev–Trinajstić information content (AvgIpc) is 2.99. The number of aliphatic hydroxyl groups excluding tert-OH is 2. The Balaban J connectivity index is 0.000000238. The molecule has 2 aliphatic rings. The molecule has 0 aliphatic carbocycles. The predicted molar refractivity (Wildman–Crippen MR) is 160 cm³/mol. The molecular formula is C32H36O12. The van der Waals surface area contributed by atoms with Crippen LogP contribution in [0.1, 0.15) is 43.2 Å². The van der Waals surface area contributed by atoms with Crippen molar-refractivity contribution in [2.75, 3.05) is 13.2 Å². The van der Waals surface area contributed by atoms with E-state index < -0.39 is 17.4 Å². The number of para-hydroxylation sites is 2. The normalized spacial score (nSPS) is 15.8. The Hall–Kier alpha value is -5.52. The van der Waals surface area contributed by atoms with Gasteiger partial charge in [-0.25, -0.2) is 0 Å². The third-order valence-corrected chi connectivity index (χ3v) is 6.80. The van der Waals surface area contributed by atoms with Gasteiger partial charge in [-0.1, -0.05) is 25.6 Å². The van der Waals surface area contributed by atoms with Crippen LogP contribution in [-0.2, 0) is 11.2 Å². The Labute approximate surface area is 253 Å². The summed E-state index contributed by atoms with van der Waals surface area (Å²) in [5.74, 6) is -2.16. The van der Waals surface area contributed by atoms with Crippen molar-refractivity contribution < 1.29 is 60.5 Å². The molecular weight excluding hydrogens is 576 g/mol. The molecule has 44 heavy (non-hydrogen) atoms. The molecule has 0 aromatic heterocycles. The minimum Gasteiger partial charge on any atom is -0.512 e. The van der Waals surface area contributed by atoms with Gasteiger partial charge < -0.3 is 60.5 Å². The van der Waals surface area contributed by atoms with Crippen molar-refractivity contribution in [2.24, 2.45) is 0 Å². The fourth-order valence-electron chi connectivity index (χ4n) is 4.56. The van der Waals surface area contributed by atoms with Crippen LogP contribution in [0, 0.1) is 0 Å². The van der Waals surface area contributed by atoms with Crippen molar-refractivity contribution in [1.82, 2.24) is 0 Å². The summed E-state index contributed by atoms with van der Waals surface area (Å²) < 4.78 is 11.1. The summed E-state index contributed by atoms with van der Waals surface area (Å²) in [6.45, 7) is 6.26. The zero-order valence-electron chi connectivity index (χ0n) is 23.9. The quantitative estimate of drug-likeness (QED) is 0.126. The van der Waals surface area contributed by atoms with Crippen molar-refractivity contribution >= 4 is 0 Å². The van der Waals surface area contributed by atoms with Gasteiger partial charge in [0.2, 0.25) is 0 Å². The van der Waals surface area contributed by atoms with Crippen molar-refractivity contribution in [3.8, 4) is 51.7 Å². The molecule has 5 rings (SSSR count). The van der Waals surface area contributed by atoms with Crippen LogP contribution in [-0.4, -0.2) is 64.3 Å². The lowest BCUT2D eigenvalue weighted by atomic mass is 9.82. The van der Waals surface area contributed by atoms with E-state index in [0.717, 1.165) is 6.42 Å². The number of phenols is 8. The van der Waals surface area contributed by atoms with E-state index in [1.807, 2.05) is 0 Å². The van der Waals surface area contributed by atoms with Gasteiger partial charge in [0.25, 0.3) is 0 Å². The number of ether oxygens (including phenoxy) is 2. The Kier molecular flexibility index (Phi) is 10.9. The van der Waals surface area contributed by atoms with E-state index in [2.05, 4.69) is 6.58 Å². The summed E-state index contributed by atoms with van der Waals surface area (Å²) >= 11 is 0. The van der Waals surface area contributed by atoms with Gasteiger partial charge in [-0.2, -0.15) is 0 Å². The topological polar surface area (TPSA) is 221 Å². The highest BCUT2D eigenvalue weighted by Crippen LogP contribution is 2.49. The van der Waals surface area contributed by atoms with Crippen molar-refractivity contribution in [3.05, 3.63) is 89.1 Å². The maximum atomic E-state index is 10.8. The van der Waals surface area contributed by atoms with E-state index in [1.54, 1.807) is 6.92 Å². The van der Waals surface area contributed by atoms with E-state index >= 15 is 0 Å². The molecule has 0 saturated heterocycles. The van der Waals surface area contributed by atoms with Crippen LogP contribution in [0.2, 0.25) is 0 Å². The summed E-state index contributed by atoms with van der Waals surface area (Å²) in [6.07, 6.45) is 3.74. The first kappa shape index (κ1) is 33.0. The van der Waals surface area contributed by atoms with Gasteiger partial charge in [0.05, 0.1) is 19.0 Å². The van der Waals surface area contributed by atoms with Crippen LogP contribution < -0.4 is 4.74 Å². The van der Waals surface area contributed by atoms with Crippen LogP contribution in [0.15, 0.2) is 78.0 Å². The maximum Gasteiger partial charge on any atom is 0.200 e. The van der Waals surface area contributed by atoms with E-state index in [-0.39, 0.29) is 46.0 Å². The molecule has 0 radical (unpaired) electrons.